The van der Waals surface area contributed by atoms with E-state index >= 15 is 0 Å². The molecule has 4 nitrogen and oxygen atoms in total. The Kier molecular flexibility index (Phi) is 4.81. The first-order chi connectivity index (χ1) is 7.84. The quantitative estimate of drug-likeness (QED) is 0.490. The van der Waals surface area contributed by atoms with E-state index < -0.39 is 7.12 Å². The van der Waals surface area contributed by atoms with E-state index in [4.69, 9.17) is 15.0 Å². The summed E-state index contributed by atoms with van der Waals surface area (Å²) in [4.78, 5) is 4.22. The minimum atomic E-state index is -0.441. The minimum Gasteiger partial charge on any atom is -0.405 e. The van der Waals surface area contributed by atoms with Gasteiger partial charge < -0.3 is 15.0 Å². The van der Waals surface area contributed by atoms with E-state index in [1.165, 1.54) is 6.20 Å². The number of hydrogen-bond acceptors (Lipinski definition) is 4. The summed E-state index contributed by atoms with van der Waals surface area (Å²) in [5.41, 5.74) is 5.64. The molecule has 0 unspecified atom stereocenters. The highest BCUT2D eigenvalue weighted by atomic mass is 79.9. The van der Waals surface area contributed by atoms with Gasteiger partial charge in [-0.25, -0.2) is 0 Å². The van der Waals surface area contributed by atoms with Crippen LogP contribution in [0, 0.1) is 0 Å². The molecule has 0 aromatic rings. The van der Waals surface area contributed by atoms with Crippen molar-refractivity contribution in [3.63, 3.8) is 0 Å². The van der Waals surface area contributed by atoms with Gasteiger partial charge in [0.1, 0.15) is 0 Å². The van der Waals surface area contributed by atoms with Crippen LogP contribution in [0.3, 0.4) is 0 Å². The Morgan fingerprint density at radius 2 is 1.82 bits per heavy atom. The third-order valence-electron chi connectivity index (χ3n) is 3.17. The molecule has 1 saturated heterocycles. The zero-order valence-corrected chi connectivity index (χ0v) is 12.5. The van der Waals surface area contributed by atoms with Crippen LogP contribution in [0.25, 0.3) is 0 Å². The molecule has 96 valence electrons. The average molecular weight is 303 g/mol. The molecule has 1 fully saturated rings. The van der Waals surface area contributed by atoms with E-state index in [1.807, 2.05) is 27.7 Å². The molecule has 1 aliphatic heterocycles. The molecule has 0 amide bonds. The third kappa shape index (κ3) is 3.33. The molecule has 0 aliphatic carbocycles. The first-order valence-electron chi connectivity index (χ1n) is 5.67. The number of hydrogen-bond donors (Lipinski definition) is 1. The fourth-order valence-electron chi connectivity index (χ4n) is 1.38. The lowest BCUT2D eigenvalue weighted by Gasteiger charge is -2.32. The summed E-state index contributed by atoms with van der Waals surface area (Å²) in [5, 5.41) is 0.824. The van der Waals surface area contributed by atoms with Crippen molar-refractivity contribution in [2.24, 2.45) is 10.7 Å². The second kappa shape index (κ2) is 5.54. The second-order valence-corrected chi connectivity index (χ2v) is 5.77. The van der Waals surface area contributed by atoms with E-state index in [2.05, 4.69) is 20.9 Å². The normalized spacial score (nSPS) is 23.6. The monoisotopic (exact) mass is 302 g/mol. The van der Waals surface area contributed by atoms with Gasteiger partial charge in [0.05, 0.1) is 11.2 Å². The second-order valence-electron chi connectivity index (χ2n) is 4.98. The molecule has 0 atom stereocenters. The number of alkyl halides is 1. The third-order valence-corrected chi connectivity index (χ3v) is 3.53. The Morgan fingerprint density at radius 3 is 2.24 bits per heavy atom. The standard InChI is InChI=1S/C11H20BBrN2O2/c1-10(2)11(3,4)17-12(16-10)9(7-14)8-15-6-5-13/h7-8H,5-6,14H2,1-4H3/b9-7+,15-8?. The van der Waals surface area contributed by atoms with Crippen molar-refractivity contribution < 1.29 is 9.31 Å². The van der Waals surface area contributed by atoms with E-state index in [-0.39, 0.29) is 11.2 Å². The number of nitrogens with two attached hydrogens (primary N) is 1. The maximum Gasteiger partial charge on any atom is 0.497 e. The van der Waals surface area contributed by atoms with Gasteiger partial charge in [-0.2, -0.15) is 0 Å². The molecule has 17 heavy (non-hydrogen) atoms. The molecule has 0 spiro atoms. The molecule has 0 radical (unpaired) electrons. The Morgan fingerprint density at radius 1 is 1.29 bits per heavy atom. The molecular formula is C11H20BBrN2O2. The van der Waals surface area contributed by atoms with E-state index in [1.54, 1.807) is 6.21 Å². The van der Waals surface area contributed by atoms with Gasteiger partial charge >= 0.3 is 7.12 Å². The topological polar surface area (TPSA) is 56.8 Å². The zero-order chi connectivity index (χ0) is 13.1. The van der Waals surface area contributed by atoms with Crippen LogP contribution in [-0.4, -0.2) is 36.4 Å². The molecule has 1 rings (SSSR count). The number of halogens is 1. The fraction of sp³-hybridized carbons (Fsp3) is 0.727. The summed E-state index contributed by atoms with van der Waals surface area (Å²) >= 11 is 3.31. The average Bonchev–Trinajstić information content (AvgIpc) is 2.43. The summed E-state index contributed by atoms with van der Waals surface area (Å²) < 4.78 is 11.7. The highest BCUT2D eigenvalue weighted by Gasteiger charge is 2.52. The lowest BCUT2D eigenvalue weighted by Crippen LogP contribution is -2.41. The Bertz CT molecular complexity index is 313. The van der Waals surface area contributed by atoms with Gasteiger partial charge in [-0.15, -0.1) is 0 Å². The predicted octanol–water partition coefficient (Wildman–Crippen LogP) is 1.93. The number of rotatable bonds is 4. The maximum atomic E-state index is 5.87. The smallest absolute Gasteiger partial charge is 0.405 e. The van der Waals surface area contributed by atoms with Crippen LogP contribution in [0.15, 0.2) is 16.7 Å². The van der Waals surface area contributed by atoms with Crippen LogP contribution in [0.2, 0.25) is 0 Å². The van der Waals surface area contributed by atoms with Gasteiger partial charge in [-0.05, 0) is 33.9 Å². The van der Waals surface area contributed by atoms with Gasteiger partial charge in [-0.1, -0.05) is 15.9 Å². The van der Waals surface area contributed by atoms with Crippen molar-refractivity contribution in [2.45, 2.75) is 38.9 Å². The van der Waals surface area contributed by atoms with Crippen LogP contribution >= 0.6 is 15.9 Å². The summed E-state index contributed by atoms with van der Waals surface area (Å²) in [6, 6.07) is 0. The summed E-state index contributed by atoms with van der Waals surface area (Å²) in [5.74, 6) is 0. The molecule has 6 heteroatoms. The van der Waals surface area contributed by atoms with E-state index in [0.29, 0.717) is 6.54 Å². The number of aliphatic imine (C=N–C) groups is 1. The zero-order valence-electron chi connectivity index (χ0n) is 10.9. The molecule has 0 saturated carbocycles. The minimum absolute atomic E-state index is 0.352. The van der Waals surface area contributed by atoms with Gasteiger partial charge in [0.15, 0.2) is 0 Å². The van der Waals surface area contributed by atoms with E-state index in [0.717, 1.165) is 10.8 Å². The van der Waals surface area contributed by atoms with Crippen molar-refractivity contribution in [2.75, 3.05) is 11.9 Å². The van der Waals surface area contributed by atoms with Crippen LogP contribution < -0.4 is 5.73 Å². The summed E-state index contributed by atoms with van der Waals surface area (Å²) in [6.45, 7) is 8.75. The molecule has 2 N–H and O–H groups in total. The van der Waals surface area contributed by atoms with E-state index in [9.17, 15) is 0 Å². The summed E-state index contributed by atoms with van der Waals surface area (Å²) in [6.07, 6.45) is 3.20. The number of allylic oxidation sites excluding steroid dienone is 1. The summed E-state index contributed by atoms with van der Waals surface area (Å²) in [7, 11) is -0.441. The molecule has 1 aliphatic rings. The van der Waals surface area contributed by atoms with Gasteiger partial charge in [0.2, 0.25) is 0 Å². The van der Waals surface area contributed by atoms with Gasteiger partial charge in [0.25, 0.3) is 0 Å². The Hall–Kier alpha value is -0.325. The van der Waals surface area contributed by atoms with Gasteiger partial charge in [-0.3, -0.25) is 4.99 Å². The largest absolute Gasteiger partial charge is 0.497 e. The first-order valence-corrected chi connectivity index (χ1v) is 6.79. The molecule has 0 aromatic heterocycles. The lowest BCUT2D eigenvalue weighted by atomic mass is 9.79. The van der Waals surface area contributed by atoms with Crippen molar-refractivity contribution in [3.05, 3.63) is 11.7 Å². The van der Waals surface area contributed by atoms with Crippen molar-refractivity contribution in [1.29, 1.82) is 0 Å². The molecule has 0 bridgehead atoms. The maximum absolute atomic E-state index is 5.87. The lowest BCUT2D eigenvalue weighted by molar-refractivity contribution is 0.00578. The SMILES string of the molecule is CC1(C)OB(/C(C=NCCBr)=C/N)OC1(C)C. The van der Waals surface area contributed by atoms with Crippen molar-refractivity contribution >= 4 is 29.3 Å². The predicted molar refractivity (Wildman–Crippen MR) is 75.5 cm³/mol. The highest BCUT2D eigenvalue weighted by Crippen LogP contribution is 2.38. The molecular weight excluding hydrogens is 283 g/mol. The molecule has 0 aromatic carbocycles. The van der Waals surface area contributed by atoms with Crippen LogP contribution in [0.4, 0.5) is 0 Å². The highest BCUT2D eigenvalue weighted by molar-refractivity contribution is 9.09. The van der Waals surface area contributed by atoms with Crippen molar-refractivity contribution in [1.82, 2.24) is 0 Å². The fourth-order valence-corrected chi connectivity index (χ4v) is 1.59. The molecule has 1 heterocycles. The Balaban J connectivity index is 2.75. The Labute approximate surface area is 112 Å². The van der Waals surface area contributed by atoms with Gasteiger partial charge in [0, 0.05) is 23.6 Å². The van der Waals surface area contributed by atoms with Crippen LogP contribution in [0.1, 0.15) is 27.7 Å². The van der Waals surface area contributed by atoms with Crippen LogP contribution in [-0.2, 0) is 9.31 Å². The van der Waals surface area contributed by atoms with Crippen molar-refractivity contribution in [3.8, 4) is 0 Å². The van der Waals surface area contributed by atoms with Crippen LogP contribution in [0.5, 0.6) is 0 Å². The first kappa shape index (κ1) is 14.7. The number of nitrogens with zero attached hydrogens (tertiary/aromatic N) is 1.